The molecule has 6 heteroatoms. The summed E-state index contributed by atoms with van der Waals surface area (Å²) in [5.74, 6) is 0. The van der Waals surface area contributed by atoms with Gasteiger partial charge in [-0.1, -0.05) is 18.5 Å². The topological polar surface area (TPSA) is 35.9 Å². The lowest BCUT2D eigenvalue weighted by atomic mass is 10.2. The van der Waals surface area contributed by atoms with E-state index < -0.39 is 0 Å². The molecule has 2 heterocycles. The minimum atomic E-state index is -0.316. The number of likely N-dealkylation sites (N-methyl/N-ethyl adjacent to an activating group) is 1. The van der Waals surface area contributed by atoms with Gasteiger partial charge < -0.3 is 9.84 Å². The molecule has 0 amide bonds. The first-order chi connectivity index (χ1) is 9.67. The summed E-state index contributed by atoms with van der Waals surface area (Å²) in [6.07, 6.45) is -0.316. The Morgan fingerprint density at radius 3 is 2.80 bits per heavy atom. The van der Waals surface area contributed by atoms with Crippen LogP contribution in [0.2, 0.25) is 4.34 Å². The van der Waals surface area contributed by atoms with Crippen LogP contribution in [0.4, 0.5) is 0 Å². The highest BCUT2D eigenvalue weighted by Gasteiger charge is 2.17. The van der Waals surface area contributed by atoms with Gasteiger partial charge in [0.1, 0.15) is 0 Å². The summed E-state index contributed by atoms with van der Waals surface area (Å²) in [6.45, 7) is 8.72. The van der Waals surface area contributed by atoms with Gasteiger partial charge in [0.25, 0.3) is 0 Å². The third kappa shape index (κ3) is 5.31. The van der Waals surface area contributed by atoms with Crippen LogP contribution in [0.25, 0.3) is 0 Å². The van der Waals surface area contributed by atoms with Crippen molar-refractivity contribution in [3.63, 3.8) is 0 Å². The summed E-state index contributed by atoms with van der Waals surface area (Å²) in [5, 5.41) is 10.2. The SMILES string of the molecule is CCN(Cc1ccc(Cl)s1)CC(O)CN1CCOCC1. The Bertz CT molecular complexity index is 396. The predicted molar refractivity (Wildman–Crippen MR) is 83.5 cm³/mol. The van der Waals surface area contributed by atoms with Crippen molar-refractivity contribution in [1.29, 1.82) is 0 Å². The van der Waals surface area contributed by atoms with Gasteiger partial charge in [-0.15, -0.1) is 11.3 Å². The summed E-state index contributed by atoms with van der Waals surface area (Å²) < 4.78 is 6.14. The van der Waals surface area contributed by atoms with Gasteiger partial charge in [-0.25, -0.2) is 0 Å². The normalized spacial score (nSPS) is 18.6. The Morgan fingerprint density at radius 2 is 2.20 bits per heavy atom. The lowest BCUT2D eigenvalue weighted by Crippen LogP contribution is -2.44. The molecule has 0 spiro atoms. The first-order valence-electron chi connectivity index (χ1n) is 7.12. The highest BCUT2D eigenvalue weighted by atomic mass is 35.5. The van der Waals surface area contributed by atoms with Crippen molar-refractivity contribution in [1.82, 2.24) is 9.80 Å². The average Bonchev–Trinajstić information content (AvgIpc) is 2.84. The van der Waals surface area contributed by atoms with E-state index in [4.69, 9.17) is 16.3 Å². The van der Waals surface area contributed by atoms with Crippen molar-refractivity contribution < 1.29 is 9.84 Å². The predicted octanol–water partition coefficient (Wildman–Crippen LogP) is 1.92. The zero-order valence-corrected chi connectivity index (χ0v) is 13.5. The van der Waals surface area contributed by atoms with E-state index >= 15 is 0 Å². The Hall–Kier alpha value is -0.170. The van der Waals surface area contributed by atoms with E-state index in [1.165, 1.54) is 4.88 Å². The van der Waals surface area contributed by atoms with E-state index in [0.29, 0.717) is 6.54 Å². The second-order valence-corrected chi connectivity index (χ2v) is 6.90. The van der Waals surface area contributed by atoms with Gasteiger partial charge in [0.15, 0.2) is 0 Å². The van der Waals surface area contributed by atoms with E-state index in [1.807, 2.05) is 6.07 Å². The maximum atomic E-state index is 10.2. The van der Waals surface area contributed by atoms with E-state index in [2.05, 4.69) is 22.8 Å². The molecule has 0 radical (unpaired) electrons. The largest absolute Gasteiger partial charge is 0.390 e. The number of rotatable bonds is 7. The smallest absolute Gasteiger partial charge is 0.0931 e. The minimum Gasteiger partial charge on any atom is -0.390 e. The quantitative estimate of drug-likeness (QED) is 0.833. The van der Waals surface area contributed by atoms with E-state index in [0.717, 1.165) is 50.3 Å². The van der Waals surface area contributed by atoms with Crippen molar-refractivity contribution in [2.24, 2.45) is 0 Å². The molecule has 20 heavy (non-hydrogen) atoms. The molecule has 1 aromatic rings. The third-order valence-electron chi connectivity index (χ3n) is 3.50. The fraction of sp³-hybridized carbons (Fsp3) is 0.714. The molecule has 114 valence electrons. The van der Waals surface area contributed by atoms with Gasteiger partial charge >= 0.3 is 0 Å². The van der Waals surface area contributed by atoms with Gasteiger partial charge in [0, 0.05) is 37.6 Å². The van der Waals surface area contributed by atoms with Crippen LogP contribution in [0.1, 0.15) is 11.8 Å². The van der Waals surface area contributed by atoms with Crippen LogP contribution in [-0.2, 0) is 11.3 Å². The number of ether oxygens (including phenoxy) is 1. The highest BCUT2D eigenvalue weighted by molar-refractivity contribution is 7.16. The second-order valence-electron chi connectivity index (χ2n) is 5.10. The number of aliphatic hydroxyl groups is 1. The molecule has 1 aromatic heterocycles. The molecular formula is C14H23ClN2O2S. The van der Waals surface area contributed by atoms with Gasteiger partial charge in [0.05, 0.1) is 23.7 Å². The van der Waals surface area contributed by atoms with Gasteiger partial charge in [-0.3, -0.25) is 9.80 Å². The van der Waals surface area contributed by atoms with Crippen molar-refractivity contribution in [3.05, 3.63) is 21.3 Å². The van der Waals surface area contributed by atoms with Crippen LogP contribution in [0.3, 0.4) is 0 Å². The molecule has 1 aliphatic rings. The van der Waals surface area contributed by atoms with Crippen molar-refractivity contribution in [2.45, 2.75) is 19.6 Å². The number of thiophene rings is 1. The standard InChI is InChI=1S/C14H23ClN2O2S/c1-2-16(11-13-3-4-14(15)20-13)9-12(18)10-17-5-7-19-8-6-17/h3-4,12,18H,2,5-11H2,1H3. The van der Waals surface area contributed by atoms with Crippen LogP contribution < -0.4 is 0 Å². The number of hydrogen-bond donors (Lipinski definition) is 1. The van der Waals surface area contributed by atoms with E-state index in [-0.39, 0.29) is 6.10 Å². The Labute approximate surface area is 129 Å². The fourth-order valence-corrected chi connectivity index (χ4v) is 3.53. The van der Waals surface area contributed by atoms with E-state index in [1.54, 1.807) is 11.3 Å². The fourth-order valence-electron chi connectivity index (χ4n) is 2.40. The molecule has 0 bridgehead atoms. The van der Waals surface area contributed by atoms with Gasteiger partial charge in [-0.2, -0.15) is 0 Å². The molecule has 0 aromatic carbocycles. The van der Waals surface area contributed by atoms with Crippen LogP contribution in [0.15, 0.2) is 12.1 Å². The molecule has 1 N–H and O–H groups in total. The van der Waals surface area contributed by atoms with Crippen LogP contribution in [0, 0.1) is 0 Å². The maximum absolute atomic E-state index is 10.2. The summed E-state index contributed by atoms with van der Waals surface area (Å²) in [5.41, 5.74) is 0. The third-order valence-corrected chi connectivity index (χ3v) is 4.71. The molecule has 1 fully saturated rings. The van der Waals surface area contributed by atoms with Crippen molar-refractivity contribution >= 4 is 22.9 Å². The van der Waals surface area contributed by atoms with E-state index in [9.17, 15) is 5.11 Å². The zero-order chi connectivity index (χ0) is 14.4. The molecule has 0 saturated carbocycles. The number of aliphatic hydroxyl groups excluding tert-OH is 1. The van der Waals surface area contributed by atoms with Crippen molar-refractivity contribution in [2.75, 3.05) is 45.9 Å². The number of nitrogens with zero attached hydrogens (tertiary/aromatic N) is 2. The van der Waals surface area contributed by atoms with Crippen LogP contribution in [-0.4, -0.2) is 66.9 Å². The molecule has 1 saturated heterocycles. The Kier molecular flexibility index (Phi) is 6.74. The van der Waals surface area contributed by atoms with Crippen molar-refractivity contribution in [3.8, 4) is 0 Å². The first-order valence-corrected chi connectivity index (χ1v) is 8.31. The molecule has 4 nitrogen and oxygen atoms in total. The summed E-state index contributed by atoms with van der Waals surface area (Å²) in [6, 6.07) is 3.99. The van der Waals surface area contributed by atoms with Crippen LogP contribution >= 0.6 is 22.9 Å². The second kappa shape index (κ2) is 8.32. The number of halogens is 1. The lowest BCUT2D eigenvalue weighted by Gasteiger charge is -2.30. The maximum Gasteiger partial charge on any atom is 0.0931 e. The summed E-state index contributed by atoms with van der Waals surface area (Å²) >= 11 is 7.56. The Morgan fingerprint density at radius 1 is 1.45 bits per heavy atom. The molecule has 0 aliphatic carbocycles. The molecular weight excluding hydrogens is 296 g/mol. The number of morpholine rings is 1. The summed E-state index contributed by atoms with van der Waals surface area (Å²) in [7, 11) is 0. The average molecular weight is 319 g/mol. The highest BCUT2D eigenvalue weighted by Crippen LogP contribution is 2.22. The number of β-amino-alcohol motifs (C(OH)–C–C–N with tert-alkyl or cyclic N) is 1. The molecule has 1 aliphatic heterocycles. The molecule has 1 atom stereocenters. The molecule has 2 rings (SSSR count). The summed E-state index contributed by atoms with van der Waals surface area (Å²) in [4.78, 5) is 5.77. The lowest BCUT2D eigenvalue weighted by molar-refractivity contribution is 0.00676. The van der Waals surface area contributed by atoms with Gasteiger partial charge in [0.2, 0.25) is 0 Å². The minimum absolute atomic E-state index is 0.316. The molecule has 1 unspecified atom stereocenters. The van der Waals surface area contributed by atoms with Gasteiger partial charge in [-0.05, 0) is 18.7 Å². The number of hydrogen-bond acceptors (Lipinski definition) is 5. The Balaban J connectivity index is 1.76. The van der Waals surface area contributed by atoms with Crippen LogP contribution in [0.5, 0.6) is 0 Å². The first kappa shape index (κ1) is 16.2. The monoisotopic (exact) mass is 318 g/mol. The zero-order valence-electron chi connectivity index (χ0n) is 11.9.